The monoisotopic (exact) mass is 380 g/mol. The molecule has 0 atom stereocenters. The first-order chi connectivity index (χ1) is 13.5. The van der Waals surface area contributed by atoms with E-state index in [1.54, 1.807) is 18.2 Å². The second-order valence-corrected chi connectivity index (χ2v) is 5.95. The zero-order valence-corrected chi connectivity index (χ0v) is 14.0. The molecule has 2 heterocycles. The highest BCUT2D eigenvalue weighted by molar-refractivity contribution is 5.75. The summed E-state index contributed by atoms with van der Waals surface area (Å²) in [6.45, 7) is 0. The van der Waals surface area contributed by atoms with Crippen LogP contribution in [0.15, 0.2) is 46.2 Å². The predicted molar refractivity (Wildman–Crippen MR) is 94.0 cm³/mol. The molecule has 0 unspecified atom stereocenters. The fourth-order valence-electron chi connectivity index (χ4n) is 2.83. The van der Waals surface area contributed by atoms with Crippen LogP contribution in [-0.2, 0) is 6.42 Å². The molecule has 0 saturated carbocycles. The normalized spacial score (nSPS) is 10.9. The lowest BCUT2D eigenvalue weighted by Gasteiger charge is -2.09. The Bertz CT molecular complexity index is 1360. The molecule has 4 rings (SSSR count). The average molecular weight is 380 g/mol. The van der Waals surface area contributed by atoms with Gasteiger partial charge in [0.05, 0.1) is 23.0 Å². The Kier molecular flexibility index (Phi) is 4.04. The molecule has 0 saturated heterocycles. The van der Waals surface area contributed by atoms with Crippen LogP contribution < -0.4 is 11.2 Å². The van der Waals surface area contributed by atoms with E-state index in [0.29, 0.717) is 10.2 Å². The van der Waals surface area contributed by atoms with Crippen LogP contribution in [0.3, 0.4) is 0 Å². The number of hydrogen-bond donors (Lipinski definition) is 2. The van der Waals surface area contributed by atoms with Gasteiger partial charge in [0, 0.05) is 24.1 Å². The Hall–Kier alpha value is -4.13. The van der Waals surface area contributed by atoms with Crippen molar-refractivity contribution >= 4 is 11.0 Å². The molecule has 10 heteroatoms. The summed E-state index contributed by atoms with van der Waals surface area (Å²) in [5.41, 5.74) is -0.901. The van der Waals surface area contributed by atoms with E-state index in [2.05, 4.69) is 15.1 Å². The number of aromatic nitrogens is 5. The number of nitrogens with one attached hydrogen (secondary N) is 2. The van der Waals surface area contributed by atoms with Crippen molar-refractivity contribution in [1.29, 1.82) is 5.26 Å². The zero-order valence-electron chi connectivity index (χ0n) is 14.0. The van der Waals surface area contributed by atoms with Gasteiger partial charge in [0.15, 0.2) is 0 Å². The van der Waals surface area contributed by atoms with Crippen LogP contribution in [0.2, 0.25) is 0 Å². The van der Waals surface area contributed by atoms with E-state index in [1.165, 1.54) is 12.4 Å². The number of imidazole rings is 1. The van der Waals surface area contributed by atoms with Crippen molar-refractivity contribution in [3.8, 4) is 11.8 Å². The van der Waals surface area contributed by atoms with Crippen molar-refractivity contribution in [2.24, 2.45) is 0 Å². The van der Waals surface area contributed by atoms with E-state index in [9.17, 15) is 18.4 Å². The molecule has 2 N–H and O–H groups in total. The molecular formula is C18H10F2N6O2. The van der Waals surface area contributed by atoms with E-state index in [4.69, 9.17) is 5.26 Å². The second-order valence-electron chi connectivity index (χ2n) is 5.95. The van der Waals surface area contributed by atoms with Crippen LogP contribution in [0.25, 0.3) is 16.7 Å². The average Bonchev–Trinajstić information content (AvgIpc) is 3.12. The van der Waals surface area contributed by atoms with E-state index < -0.39 is 28.6 Å². The van der Waals surface area contributed by atoms with Gasteiger partial charge in [0.2, 0.25) is 5.69 Å². The van der Waals surface area contributed by atoms with Crippen molar-refractivity contribution in [3.63, 3.8) is 0 Å². The molecule has 0 aliphatic heterocycles. The summed E-state index contributed by atoms with van der Waals surface area (Å²) in [6, 6.07) is 8.53. The van der Waals surface area contributed by atoms with E-state index >= 15 is 0 Å². The van der Waals surface area contributed by atoms with Crippen molar-refractivity contribution in [2.45, 2.75) is 6.42 Å². The number of nitriles is 1. The molecule has 0 bridgehead atoms. The Labute approximate surface area is 154 Å². The number of H-pyrrole nitrogens is 2. The molecule has 28 heavy (non-hydrogen) atoms. The maximum atomic E-state index is 14.6. The summed E-state index contributed by atoms with van der Waals surface area (Å²) in [5.74, 6) is -1.78. The summed E-state index contributed by atoms with van der Waals surface area (Å²) in [5, 5.41) is 12.4. The standard InChI is InChI=1S/C18H10F2N6O2/c19-12-5-10(26-18(28)24-17(27)16(7-21)25-26)6-13(20)11(12)3-9-1-2-14-15(4-9)23-8-22-14/h1-2,4-6,8H,3H2,(H,22,23)(H,24,27,28). The molecule has 2 aromatic heterocycles. The number of benzene rings is 2. The lowest BCUT2D eigenvalue weighted by Crippen LogP contribution is -2.33. The van der Waals surface area contributed by atoms with Crippen LogP contribution in [0, 0.1) is 23.0 Å². The molecular weight excluding hydrogens is 370 g/mol. The lowest BCUT2D eigenvalue weighted by molar-refractivity contribution is 0.556. The van der Waals surface area contributed by atoms with Crippen LogP contribution in [0.4, 0.5) is 8.78 Å². The summed E-state index contributed by atoms with van der Waals surface area (Å²) in [7, 11) is 0. The molecule has 2 aromatic carbocycles. The predicted octanol–water partition coefficient (Wildman–Crippen LogP) is 1.54. The summed E-state index contributed by atoms with van der Waals surface area (Å²) in [6.07, 6.45) is 1.50. The third kappa shape index (κ3) is 2.95. The molecule has 0 radical (unpaired) electrons. The maximum Gasteiger partial charge on any atom is 0.349 e. The van der Waals surface area contributed by atoms with Crippen LogP contribution >= 0.6 is 0 Å². The Morgan fingerprint density at radius 1 is 1.14 bits per heavy atom. The SMILES string of the molecule is N#Cc1nn(-c2cc(F)c(Cc3ccc4nc[nH]c4c3)c(F)c2)c(=O)[nH]c1=O. The minimum absolute atomic E-state index is 0.0235. The second kappa shape index (κ2) is 6.55. The molecule has 0 aliphatic carbocycles. The Morgan fingerprint density at radius 3 is 2.61 bits per heavy atom. The minimum atomic E-state index is -1.01. The van der Waals surface area contributed by atoms with Crippen LogP contribution in [-0.4, -0.2) is 24.7 Å². The smallest absolute Gasteiger partial charge is 0.345 e. The molecule has 0 amide bonds. The lowest BCUT2D eigenvalue weighted by atomic mass is 10.0. The van der Waals surface area contributed by atoms with Gasteiger partial charge in [0.1, 0.15) is 17.7 Å². The molecule has 138 valence electrons. The molecule has 0 fully saturated rings. The van der Waals surface area contributed by atoms with Gasteiger partial charge in [-0.15, -0.1) is 5.10 Å². The van der Waals surface area contributed by atoms with Crippen molar-refractivity contribution in [3.05, 3.63) is 86.0 Å². The largest absolute Gasteiger partial charge is 0.349 e. The molecule has 8 nitrogen and oxygen atoms in total. The van der Waals surface area contributed by atoms with Gasteiger partial charge in [-0.1, -0.05) is 6.07 Å². The third-order valence-electron chi connectivity index (χ3n) is 4.17. The first-order valence-electron chi connectivity index (χ1n) is 8.00. The summed E-state index contributed by atoms with van der Waals surface area (Å²) < 4.78 is 29.7. The highest BCUT2D eigenvalue weighted by atomic mass is 19.1. The van der Waals surface area contributed by atoms with Gasteiger partial charge in [-0.05, 0) is 17.7 Å². The first kappa shape index (κ1) is 17.3. The fraction of sp³-hybridized carbons (Fsp3) is 0.0556. The topological polar surface area (TPSA) is 120 Å². The molecule has 4 aromatic rings. The van der Waals surface area contributed by atoms with Crippen molar-refractivity contribution < 1.29 is 8.78 Å². The van der Waals surface area contributed by atoms with Gasteiger partial charge in [0.25, 0.3) is 5.56 Å². The van der Waals surface area contributed by atoms with E-state index in [1.807, 2.05) is 4.98 Å². The molecule has 0 aliphatic rings. The van der Waals surface area contributed by atoms with E-state index in [-0.39, 0.29) is 17.7 Å². The van der Waals surface area contributed by atoms with Gasteiger partial charge in [-0.25, -0.2) is 18.6 Å². The van der Waals surface area contributed by atoms with Crippen molar-refractivity contribution in [1.82, 2.24) is 24.7 Å². The summed E-state index contributed by atoms with van der Waals surface area (Å²) in [4.78, 5) is 32.2. The van der Waals surface area contributed by atoms with Gasteiger partial charge >= 0.3 is 5.69 Å². The number of fused-ring (bicyclic) bond motifs is 1. The Balaban J connectivity index is 1.76. The third-order valence-corrected chi connectivity index (χ3v) is 4.17. The maximum absolute atomic E-state index is 14.6. The number of nitrogens with zero attached hydrogens (tertiary/aromatic N) is 4. The van der Waals surface area contributed by atoms with Gasteiger partial charge in [-0.3, -0.25) is 9.78 Å². The fourth-order valence-corrected chi connectivity index (χ4v) is 2.83. The first-order valence-corrected chi connectivity index (χ1v) is 8.00. The molecule has 0 spiro atoms. The van der Waals surface area contributed by atoms with Gasteiger partial charge < -0.3 is 4.98 Å². The van der Waals surface area contributed by atoms with E-state index in [0.717, 1.165) is 23.2 Å². The summed E-state index contributed by atoms with van der Waals surface area (Å²) >= 11 is 0. The number of halogens is 2. The van der Waals surface area contributed by atoms with Crippen LogP contribution in [0.5, 0.6) is 0 Å². The minimum Gasteiger partial charge on any atom is -0.345 e. The van der Waals surface area contributed by atoms with Crippen LogP contribution in [0.1, 0.15) is 16.8 Å². The zero-order chi connectivity index (χ0) is 19.8. The number of hydrogen-bond acceptors (Lipinski definition) is 5. The quantitative estimate of drug-likeness (QED) is 0.559. The highest BCUT2D eigenvalue weighted by Crippen LogP contribution is 2.22. The van der Waals surface area contributed by atoms with Gasteiger partial charge in [-0.2, -0.15) is 9.94 Å². The number of aromatic amines is 2. The van der Waals surface area contributed by atoms with Crippen molar-refractivity contribution in [2.75, 3.05) is 0 Å². The Morgan fingerprint density at radius 2 is 1.89 bits per heavy atom. The highest BCUT2D eigenvalue weighted by Gasteiger charge is 2.16. The number of rotatable bonds is 3.